The van der Waals surface area contributed by atoms with Gasteiger partial charge in [-0.3, -0.25) is 14.4 Å². The zero-order valence-corrected chi connectivity index (χ0v) is 19.9. The highest BCUT2D eigenvalue weighted by Crippen LogP contribution is 2.24. The Hall–Kier alpha value is -3.26. The maximum Gasteiger partial charge on any atom is 0.254 e. The molecule has 0 radical (unpaired) electrons. The third kappa shape index (κ3) is 6.88. The molecule has 2 saturated heterocycles. The van der Waals surface area contributed by atoms with Gasteiger partial charge >= 0.3 is 0 Å². The predicted octanol–water partition coefficient (Wildman–Crippen LogP) is 3.96. The van der Waals surface area contributed by atoms with E-state index in [1.54, 1.807) is 46.2 Å². The molecule has 2 aliphatic rings. The molecular formula is C27H32FN3O4. The zero-order valence-electron chi connectivity index (χ0n) is 19.9. The van der Waals surface area contributed by atoms with Crippen LogP contribution in [0.4, 0.5) is 10.1 Å². The Labute approximate surface area is 205 Å². The Balaban J connectivity index is 1.21. The zero-order chi connectivity index (χ0) is 24.6. The Kier molecular flexibility index (Phi) is 8.47. The Morgan fingerprint density at radius 3 is 2.34 bits per heavy atom. The molecular weight excluding hydrogens is 449 g/mol. The van der Waals surface area contributed by atoms with Crippen molar-refractivity contribution in [2.45, 2.75) is 32.1 Å². The van der Waals surface area contributed by atoms with Crippen molar-refractivity contribution >= 4 is 23.4 Å². The van der Waals surface area contributed by atoms with E-state index in [0.29, 0.717) is 68.5 Å². The van der Waals surface area contributed by atoms with Gasteiger partial charge in [-0.15, -0.1) is 0 Å². The first kappa shape index (κ1) is 24.9. The summed E-state index contributed by atoms with van der Waals surface area (Å²) >= 11 is 0. The first-order valence-corrected chi connectivity index (χ1v) is 12.3. The number of likely N-dealkylation sites (tertiary alicyclic amines) is 1. The molecule has 35 heavy (non-hydrogen) atoms. The van der Waals surface area contributed by atoms with Gasteiger partial charge in [0.25, 0.3) is 11.8 Å². The molecule has 1 N–H and O–H groups in total. The van der Waals surface area contributed by atoms with Crippen LogP contribution in [-0.2, 0) is 9.53 Å². The number of halogens is 1. The summed E-state index contributed by atoms with van der Waals surface area (Å²) in [5.41, 5.74) is 1.64. The van der Waals surface area contributed by atoms with Crippen LogP contribution in [0.1, 0.15) is 52.8 Å². The number of anilines is 1. The number of benzene rings is 2. The number of amides is 3. The van der Waals surface area contributed by atoms with Crippen LogP contribution >= 0.6 is 0 Å². The molecule has 2 aromatic rings. The second-order valence-corrected chi connectivity index (χ2v) is 9.17. The fraction of sp³-hybridized carbons (Fsp3) is 0.444. The molecule has 2 fully saturated rings. The van der Waals surface area contributed by atoms with Gasteiger partial charge in [0.1, 0.15) is 5.82 Å². The van der Waals surface area contributed by atoms with Gasteiger partial charge < -0.3 is 19.9 Å². The minimum absolute atomic E-state index is 0.0236. The summed E-state index contributed by atoms with van der Waals surface area (Å²) in [4.78, 5) is 41.3. The summed E-state index contributed by atoms with van der Waals surface area (Å²) in [6, 6.07) is 12.8. The van der Waals surface area contributed by atoms with Gasteiger partial charge in [-0.1, -0.05) is 6.07 Å². The van der Waals surface area contributed by atoms with Crippen LogP contribution in [0.15, 0.2) is 48.5 Å². The Bertz CT molecular complexity index is 1040. The van der Waals surface area contributed by atoms with E-state index < -0.39 is 5.82 Å². The molecule has 0 aromatic heterocycles. The third-order valence-corrected chi connectivity index (χ3v) is 6.70. The van der Waals surface area contributed by atoms with Crippen LogP contribution in [-0.4, -0.2) is 66.9 Å². The molecule has 1 unspecified atom stereocenters. The Morgan fingerprint density at radius 2 is 1.60 bits per heavy atom. The molecule has 7 nitrogen and oxygen atoms in total. The largest absolute Gasteiger partial charge is 0.378 e. The number of ether oxygens (including phenoxy) is 1. The summed E-state index contributed by atoms with van der Waals surface area (Å²) in [7, 11) is 0. The van der Waals surface area contributed by atoms with E-state index in [0.717, 1.165) is 25.7 Å². The fourth-order valence-corrected chi connectivity index (χ4v) is 4.67. The quantitative estimate of drug-likeness (QED) is 0.678. The van der Waals surface area contributed by atoms with E-state index in [1.165, 1.54) is 12.1 Å². The SMILES string of the molecule is O=C(CCC1CCCN(C(=O)c2cccc(F)c2)CC1)Nc1ccc(C(=O)N2CCOCC2)cc1. The van der Waals surface area contributed by atoms with Gasteiger partial charge in [0, 0.05) is 49.4 Å². The lowest BCUT2D eigenvalue weighted by Gasteiger charge is -2.26. The van der Waals surface area contributed by atoms with E-state index >= 15 is 0 Å². The molecule has 8 heteroatoms. The van der Waals surface area contributed by atoms with Crippen molar-refractivity contribution in [3.63, 3.8) is 0 Å². The van der Waals surface area contributed by atoms with Crippen molar-refractivity contribution in [2.75, 3.05) is 44.7 Å². The van der Waals surface area contributed by atoms with Crippen molar-refractivity contribution in [3.05, 3.63) is 65.5 Å². The van der Waals surface area contributed by atoms with Crippen LogP contribution in [0.3, 0.4) is 0 Å². The van der Waals surface area contributed by atoms with E-state index in [-0.39, 0.29) is 17.7 Å². The average molecular weight is 482 g/mol. The summed E-state index contributed by atoms with van der Waals surface area (Å²) < 4.78 is 18.8. The lowest BCUT2D eigenvalue weighted by atomic mass is 9.95. The summed E-state index contributed by atoms with van der Waals surface area (Å²) in [5, 5.41) is 2.91. The van der Waals surface area contributed by atoms with Gasteiger partial charge in [0.15, 0.2) is 0 Å². The van der Waals surface area contributed by atoms with Gasteiger partial charge in [-0.2, -0.15) is 0 Å². The maximum absolute atomic E-state index is 13.5. The van der Waals surface area contributed by atoms with E-state index in [1.807, 2.05) is 0 Å². The second kappa shape index (κ2) is 11.9. The van der Waals surface area contributed by atoms with Crippen LogP contribution in [0, 0.1) is 11.7 Å². The highest BCUT2D eigenvalue weighted by molar-refractivity contribution is 5.96. The summed E-state index contributed by atoms with van der Waals surface area (Å²) in [5.74, 6) is -0.274. The minimum atomic E-state index is -0.409. The van der Waals surface area contributed by atoms with Gasteiger partial charge in [0.05, 0.1) is 13.2 Å². The minimum Gasteiger partial charge on any atom is -0.378 e. The Morgan fingerprint density at radius 1 is 0.886 bits per heavy atom. The fourth-order valence-electron chi connectivity index (χ4n) is 4.67. The van der Waals surface area contributed by atoms with Crippen molar-refractivity contribution in [3.8, 4) is 0 Å². The standard InChI is InChI=1S/C27H32FN3O4/c28-23-5-1-4-22(19-23)27(34)30-13-2-3-20(12-14-30)6-11-25(32)29-24-9-7-21(8-10-24)26(33)31-15-17-35-18-16-31/h1,4-5,7-10,19-20H,2-3,6,11-18H2,(H,29,32). The number of carbonyl (C=O) groups excluding carboxylic acids is 3. The van der Waals surface area contributed by atoms with Crippen LogP contribution in [0.2, 0.25) is 0 Å². The van der Waals surface area contributed by atoms with Crippen LogP contribution < -0.4 is 5.32 Å². The second-order valence-electron chi connectivity index (χ2n) is 9.17. The van der Waals surface area contributed by atoms with Crippen molar-refractivity contribution < 1.29 is 23.5 Å². The molecule has 2 aromatic carbocycles. The topological polar surface area (TPSA) is 79.0 Å². The molecule has 2 heterocycles. The molecule has 1 atom stereocenters. The molecule has 0 aliphatic carbocycles. The van der Waals surface area contributed by atoms with Gasteiger partial charge in [-0.05, 0) is 74.1 Å². The smallest absolute Gasteiger partial charge is 0.254 e. The van der Waals surface area contributed by atoms with E-state index in [2.05, 4.69) is 5.32 Å². The number of hydrogen-bond donors (Lipinski definition) is 1. The van der Waals surface area contributed by atoms with Gasteiger partial charge in [-0.25, -0.2) is 4.39 Å². The number of hydrogen-bond acceptors (Lipinski definition) is 4. The molecule has 0 saturated carbocycles. The van der Waals surface area contributed by atoms with Crippen molar-refractivity contribution in [1.29, 1.82) is 0 Å². The lowest BCUT2D eigenvalue weighted by Crippen LogP contribution is -2.40. The van der Waals surface area contributed by atoms with Crippen LogP contribution in [0.5, 0.6) is 0 Å². The van der Waals surface area contributed by atoms with E-state index in [9.17, 15) is 18.8 Å². The molecule has 2 aliphatic heterocycles. The monoisotopic (exact) mass is 481 g/mol. The maximum atomic E-state index is 13.5. The number of rotatable bonds is 6. The molecule has 186 valence electrons. The molecule has 4 rings (SSSR count). The molecule has 0 spiro atoms. The number of nitrogens with one attached hydrogen (secondary N) is 1. The normalized spacial score (nSPS) is 18.6. The number of nitrogens with zero attached hydrogens (tertiary/aromatic N) is 2. The first-order valence-electron chi connectivity index (χ1n) is 12.3. The van der Waals surface area contributed by atoms with E-state index in [4.69, 9.17) is 4.74 Å². The van der Waals surface area contributed by atoms with Crippen LogP contribution in [0.25, 0.3) is 0 Å². The number of carbonyl (C=O) groups is 3. The summed E-state index contributed by atoms with van der Waals surface area (Å²) in [6.07, 6.45) is 3.80. The molecule has 3 amide bonds. The lowest BCUT2D eigenvalue weighted by molar-refractivity contribution is -0.116. The highest BCUT2D eigenvalue weighted by Gasteiger charge is 2.23. The predicted molar refractivity (Wildman–Crippen MR) is 131 cm³/mol. The average Bonchev–Trinajstić information content (AvgIpc) is 3.13. The van der Waals surface area contributed by atoms with Crippen molar-refractivity contribution in [2.24, 2.45) is 5.92 Å². The van der Waals surface area contributed by atoms with Gasteiger partial charge in [0.2, 0.25) is 5.91 Å². The first-order chi connectivity index (χ1) is 17.0. The summed E-state index contributed by atoms with van der Waals surface area (Å²) in [6.45, 7) is 3.56. The van der Waals surface area contributed by atoms with Crippen molar-refractivity contribution in [1.82, 2.24) is 9.80 Å². The third-order valence-electron chi connectivity index (χ3n) is 6.70. The highest BCUT2D eigenvalue weighted by atomic mass is 19.1. The number of morpholine rings is 1. The molecule has 0 bridgehead atoms.